The minimum absolute atomic E-state index is 0.0973. The highest BCUT2D eigenvalue weighted by atomic mass is 16.5. The van der Waals surface area contributed by atoms with E-state index in [0.717, 1.165) is 30.9 Å². The lowest BCUT2D eigenvalue weighted by molar-refractivity contribution is -0.00866. The molecule has 176 valence electrons. The monoisotopic (exact) mass is 449 g/mol. The highest BCUT2D eigenvalue weighted by Gasteiger charge is 2.42. The number of carbonyl (C=O) groups excluding carboxylic acids is 1. The smallest absolute Gasteiger partial charge is 0.255 e. The number of hydrogen-bond donors (Lipinski definition) is 2. The molecule has 2 N–H and O–H groups in total. The lowest BCUT2D eigenvalue weighted by atomic mass is 9.96. The predicted molar refractivity (Wildman–Crippen MR) is 131 cm³/mol. The van der Waals surface area contributed by atoms with E-state index in [1.165, 1.54) is 31.4 Å². The minimum atomic E-state index is -0.0973. The Kier molecular flexibility index (Phi) is 6.67. The van der Waals surface area contributed by atoms with E-state index in [2.05, 4.69) is 34.2 Å². The maximum absolute atomic E-state index is 12.7. The van der Waals surface area contributed by atoms with Crippen LogP contribution in [0.1, 0.15) is 48.5 Å². The summed E-state index contributed by atoms with van der Waals surface area (Å²) in [7, 11) is 0. The fraction of sp³-hybridized carbons (Fsp3) is 0.519. The van der Waals surface area contributed by atoms with Gasteiger partial charge in [-0.1, -0.05) is 12.1 Å². The number of amides is 1. The highest BCUT2D eigenvalue weighted by molar-refractivity contribution is 6.04. The van der Waals surface area contributed by atoms with Crippen LogP contribution in [-0.4, -0.2) is 60.3 Å². The standard InChI is InChI=1S/C27H35N3O3/c1-19(17-31)29-15-22-13-14-30(26(22)16-29)24-11-9-23(10-12-24)28-27(32)21-7-5-20(6-8-21)18-33-25-3-2-4-25/h5-12,19,22,25-26,31H,2-4,13-18H2,1H3,(H,28,32). The second-order valence-corrected chi connectivity index (χ2v) is 9.86. The summed E-state index contributed by atoms with van der Waals surface area (Å²) in [5.41, 5.74) is 3.76. The Morgan fingerprint density at radius 3 is 2.52 bits per heavy atom. The zero-order valence-electron chi connectivity index (χ0n) is 19.5. The number of nitrogens with one attached hydrogen (secondary N) is 1. The summed E-state index contributed by atoms with van der Waals surface area (Å²) in [6.07, 6.45) is 5.21. The second-order valence-electron chi connectivity index (χ2n) is 9.86. The van der Waals surface area contributed by atoms with Crippen LogP contribution in [-0.2, 0) is 11.3 Å². The molecule has 2 aromatic carbocycles. The molecule has 33 heavy (non-hydrogen) atoms. The quantitative estimate of drug-likeness (QED) is 0.640. The van der Waals surface area contributed by atoms with Crippen LogP contribution in [0.5, 0.6) is 0 Å². The topological polar surface area (TPSA) is 65.0 Å². The van der Waals surface area contributed by atoms with Crippen LogP contribution in [0.25, 0.3) is 0 Å². The molecule has 0 bridgehead atoms. The average Bonchev–Trinajstić information content (AvgIpc) is 3.40. The molecule has 2 aromatic rings. The molecule has 2 aliphatic heterocycles. The number of carbonyl (C=O) groups is 1. The fourth-order valence-corrected chi connectivity index (χ4v) is 5.23. The number of fused-ring (bicyclic) bond motifs is 1. The van der Waals surface area contributed by atoms with Gasteiger partial charge in [-0.2, -0.15) is 0 Å². The number of ether oxygens (including phenoxy) is 1. The van der Waals surface area contributed by atoms with Crippen LogP contribution in [0.4, 0.5) is 11.4 Å². The average molecular weight is 450 g/mol. The zero-order chi connectivity index (χ0) is 22.8. The number of aliphatic hydroxyl groups is 1. The molecule has 1 aliphatic carbocycles. The van der Waals surface area contributed by atoms with Gasteiger partial charge in [0, 0.05) is 48.7 Å². The van der Waals surface area contributed by atoms with Gasteiger partial charge in [-0.15, -0.1) is 0 Å². The zero-order valence-corrected chi connectivity index (χ0v) is 19.5. The van der Waals surface area contributed by atoms with E-state index in [1.807, 2.05) is 36.4 Å². The lowest BCUT2D eigenvalue weighted by Gasteiger charge is -2.28. The lowest BCUT2D eigenvalue weighted by Crippen LogP contribution is -2.39. The largest absolute Gasteiger partial charge is 0.395 e. The first kappa shape index (κ1) is 22.4. The third-order valence-corrected chi connectivity index (χ3v) is 7.67. The van der Waals surface area contributed by atoms with Crippen molar-refractivity contribution in [3.8, 4) is 0 Å². The van der Waals surface area contributed by atoms with Crippen molar-refractivity contribution in [1.82, 2.24) is 4.90 Å². The Labute approximate surface area is 196 Å². The van der Waals surface area contributed by atoms with Crippen molar-refractivity contribution in [3.63, 3.8) is 0 Å². The molecule has 0 aromatic heterocycles. The van der Waals surface area contributed by atoms with Crippen molar-refractivity contribution < 1.29 is 14.6 Å². The molecule has 0 spiro atoms. The number of rotatable bonds is 8. The molecule has 5 rings (SSSR count). The molecule has 3 unspecified atom stereocenters. The van der Waals surface area contributed by atoms with Crippen molar-refractivity contribution >= 4 is 17.3 Å². The predicted octanol–water partition coefficient (Wildman–Crippen LogP) is 3.90. The maximum Gasteiger partial charge on any atom is 0.255 e. The number of nitrogens with zero attached hydrogens (tertiary/aromatic N) is 2. The minimum Gasteiger partial charge on any atom is -0.395 e. The summed E-state index contributed by atoms with van der Waals surface area (Å²) >= 11 is 0. The number of benzene rings is 2. The molecule has 2 heterocycles. The third-order valence-electron chi connectivity index (χ3n) is 7.67. The van der Waals surface area contributed by atoms with Crippen molar-refractivity contribution in [2.75, 3.05) is 36.5 Å². The molecule has 2 saturated heterocycles. The van der Waals surface area contributed by atoms with Crippen LogP contribution in [0.15, 0.2) is 48.5 Å². The van der Waals surface area contributed by atoms with E-state index in [4.69, 9.17) is 4.74 Å². The molecule has 3 aliphatic rings. The van der Waals surface area contributed by atoms with Gasteiger partial charge in [0.1, 0.15) is 0 Å². The number of anilines is 2. The SMILES string of the molecule is CC(CO)N1CC2CCN(c3ccc(NC(=O)c4ccc(COC5CCC5)cc4)cc3)C2C1. The van der Waals surface area contributed by atoms with E-state index < -0.39 is 0 Å². The molecule has 1 saturated carbocycles. The molecule has 6 nitrogen and oxygen atoms in total. The molecule has 0 radical (unpaired) electrons. The Bertz CT molecular complexity index is 942. The maximum atomic E-state index is 12.7. The Balaban J connectivity index is 1.16. The number of likely N-dealkylation sites (tertiary alicyclic amines) is 1. The van der Waals surface area contributed by atoms with Crippen LogP contribution in [0.3, 0.4) is 0 Å². The van der Waals surface area contributed by atoms with Gasteiger partial charge in [-0.05, 0) is 80.5 Å². The molecule has 3 fully saturated rings. The summed E-state index contributed by atoms with van der Waals surface area (Å²) < 4.78 is 5.84. The first-order valence-electron chi connectivity index (χ1n) is 12.3. The normalized spacial score (nSPS) is 23.9. The molecule has 3 atom stereocenters. The summed E-state index contributed by atoms with van der Waals surface area (Å²) in [4.78, 5) is 17.6. The Hall–Kier alpha value is -2.41. The Morgan fingerprint density at radius 1 is 1.09 bits per heavy atom. The third kappa shape index (κ3) is 4.93. The van der Waals surface area contributed by atoms with Crippen LogP contribution in [0, 0.1) is 5.92 Å². The van der Waals surface area contributed by atoms with Gasteiger partial charge >= 0.3 is 0 Å². The van der Waals surface area contributed by atoms with E-state index in [9.17, 15) is 9.90 Å². The van der Waals surface area contributed by atoms with E-state index in [1.54, 1.807) is 0 Å². The Morgan fingerprint density at radius 2 is 1.85 bits per heavy atom. The van der Waals surface area contributed by atoms with Crippen LogP contribution in [0.2, 0.25) is 0 Å². The van der Waals surface area contributed by atoms with Gasteiger partial charge < -0.3 is 20.1 Å². The van der Waals surface area contributed by atoms with Gasteiger partial charge in [0.15, 0.2) is 0 Å². The van der Waals surface area contributed by atoms with Crippen molar-refractivity contribution in [1.29, 1.82) is 0 Å². The molecule has 6 heteroatoms. The van der Waals surface area contributed by atoms with E-state index in [0.29, 0.717) is 30.2 Å². The van der Waals surface area contributed by atoms with E-state index >= 15 is 0 Å². The van der Waals surface area contributed by atoms with Gasteiger partial charge in [0.05, 0.1) is 19.3 Å². The van der Waals surface area contributed by atoms with Crippen molar-refractivity contribution in [3.05, 3.63) is 59.7 Å². The molecular formula is C27H35N3O3. The van der Waals surface area contributed by atoms with Crippen LogP contribution >= 0.6 is 0 Å². The summed E-state index contributed by atoms with van der Waals surface area (Å²) in [6.45, 7) is 6.07. The summed E-state index contributed by atoms with van der Waals surface area (Å²) in [5, 5.41) is 12.5. The summed E-state index contributed by atoms with van der Waals surface area (Å²) in [5.74, 6) is 0.570. The first-order chi connectivity index (χ1) is 16.1. The van der Waals surface area contributed by atoms with Crippen molar-refractivity contribution in [2.45, 2.75) is 57.4 Å². The molecular weight excluding hydrogens is 414 g/mol. The van der Waals surface area contributed by atoms with E-state index in [-0.39, 0.29) is 18.6 Å². The second kappa shape index (κ2) is 9.84. The highest BCUT2D eigenvalue weighted by Crippen LogP contribution is 2.36. The van der Waals surface area contributed by atoms with Crippen molar-refractivity contribution in [2.24, 2.45) is 5.92 Å². The number of aliphatic hydroxyl groups excluding tert-OH is 1. The van der Waals surface area contributed by atoms with Gasteiger partial charge in [-0.25, -0.2) is 0 Å². The van der Waals surface area contributed by atoms with Gasteiger partial charge in [0.2, 0.25) is 0 Å². The molecule has 1 amide bonds. The van der Waals surface area contributed by atoms with Gasteiger partial charge in [-0.3, -0.25) is 9.69 Å². The fourth-order valence-electron chi connectivity index (χ4n) is 5.23. The summed E-state index contributed by atoms with van der Waals surface area (Å²) in [6, 6.07) is 16.6. The first-order valence-corrected chi connectivity index (χ1v) is 12.3. The van der Waals surface area contributed by atoms with Gasteiger partial charge in [0.25, 0.3) is 5.91 Å². The van der Waals surface area contributed by atoms with Crippen LogP contribution < -0.4 is 10.2 Å². The number of hydrogen-bond acceptors (Lipinski definition) is 5.